The number of amides is 1. The summed E-state index contributed by atoms with van der Waals surface area (Å²) in [7, 11) is 1.77. The normalized spacial score (nSPS) is 19.7. The summed E-state index contributed by atoms with van der Waals surface area (Å²) in [6, 6.07) is 0. The lowest BCUT2D eigenvalue weighted by atomic mass is 9.83. The van der Waals surface area contributed by atoms with Gasteiger partial charge in [0.05, 0.1) is 0 Å². The molecule has 5 nitrogen and oxygen atoms in total. The van der Waals surface area contributed by atoms with E-state index in [-0.39, 0.29) is 13.1 Å². The summed E-state index contributed by atoms with van der Waals surface area (Å²) in [6.45, 7) is 8.63. The number of rotatable bonds is 12. The van der Waals surface area contributed by atoms with Gasteiger partial charge in [0, 0.05) is 54.2 Å². The van der Waals surface area contributed by atoms with E-state index in [0.717, 1.165) is 25.6 Å². The van der Waals surface area contributed by atoms with Crippen molar-refractivity contribution in [3.05, 3.63) is 0 Å². The first-order chi connectivity index (χ1) is 12.2. The van der Waals surface area contributed by atoms with E-state index in [4.69, 9.17) is 9.47 Å². The molecular formula is C20H41NO4. The molecule has 1 aliphatic carbocycles. The van der Waals surface area contributed by atoms with Gasteiger partial charge in [-0.15, -0.1) is 0 Å². The molecule has 5 heteroatoms. The predicted octanol–water partition coefficient (Wildman–Crippen LogP) is 3.99. The Kier molecular flexibility index (Phi) is 15.9. The number of ether oxygens (including phenoxy) is 2. The maximum atomic E-state index is 11.6. The van der Waals surface area contributed by atoms with E-state index in [1.807, 2.05) is 20.8 Å². The minimum Gasteiger partial charge on any atom is -0.384 e. The van der Waals surface area contributed by atoms with Gasteiger partial charge >= 0.3 is 0 Å². The van der Waals surface area contributed by atoms with Gasteiger partial charge in [0.1, 0.15) is 5.78 Å². The summed E-state index contributed by atoms with van der Waals surface area (Å²) in [5, 5.41) is 2.78. The highest BCUT2D eigenvalue weighted by Gasteiger charge is 2.20. The first-order valence-electron chi connectivity index (χ1n) is 10.0. The minimum atomic E-state index is 0. The Labute approximate surface area is 155 Å². The van der Waals surface area contributed by atoms with Gasteiger partial charge in [-0.05, 0) is 43.9 Å². The fourth-order valence-corrected chi connectivity index (χ4v) is 2.99. The van der Waals surface area contributed by atoms with Gasteiger partial charge in [-0.1, -0.05) is 20.8 Å². The second kappa shape index (κ2) is 16.5. The molecule has 1 fully saturated rings. The largest absolute Gasteiger partial charge is 0.384 e. The summed E-state index contributed by atoms with van der Waals surface area (Å²) in [5.41, 5.74) is 0. The maximum Gasteiger partial charge on any atom is 0.220 e. The molecule has 1 amide bonds. The molecule has 0 bridgehead atoms. The van der Waals surface area contributed by atoms with E-state index >= 15 is 0 Å². The van der Waals surface area contributed by atoms with Gasteiger partial charge in [0.25, 0.3) is 0 Å². The third kappa shape index (κ3) is 13.0. The molecule has 0 unspecified atom stereocenters. The van der Waals surface area contributed by atoms with Gasteiger partial charge < -0.3 is 14.8 Å². The molecule has 0 aromatic heterocycles. The smallest absolute Gasteiger partial charge is 0.220 e. The van der Waals surface area contributed by atoms with Crippen LogP contribution in [0.1, 0.15) is 73.6 Å². The van der Waals surface area contributed by atoms with Crippen molar-refractivity contribution in [3.8, 4) is 0 Å². The Bertz CT molecular complexity index is 345. The lowest BCUT2D eigenvalue weighted by Crippen LogP contribution is -2.26. The van der Waals surface area contributed by atoms with Gasteiger partial charge in [-0.2, -0.15) is 0 Å². The van der Waals surface area contributed by atoms with Crippen LogP contribution in [0.4, 0.5) is 0 Å². The molecule has 0 spiro atoms. The molecule has 0 heterocycles. The molecule has 25 heavy (non-hydrogen) atoms. The SMILES string of the molecule is CC.CCC(=O)CCNC(=O)CCCOCC1CCC(COC)CC1.[HH]. The molecule has 0 atom stereocenters. The average Bonchev–Trinajstić information content (AvgIpc) is 2.64. The molecule has 0 aromatic rings. The zero-order chi connectivity index (χ0) is 18.9. The quantitative estimate of drug-likeness (QED) is 0.535. The van der Waals surface area contributed by atoms with Crippen LogP contribution < -0.4 is 5.32 Å². The standard InChI is InChI=1S/C18H33NO4.C2H6.H2/c1-3-17(20)10-11-19-18(21)5-4-12-23-14-16-8-6-15(7-9-16)13-22-2;1-2;/h15-16H,3-14H2,1-2H3,(H,19,21);1-2H3;1H. The molecule has 0 aromatic carbocycles. The molecule has 0 saturated heterocycles. The van der Waals surface area contributed by atoms with Crippen molar-refractivity contribution in [2.75, 3.05) is 33.5 Å². The van der Waals surface area contributed by atoms with Crippen LogP contribution in [-0.2, 0) is 19.1 Å². The zero-order valence-electron chi connectivity index (χ0n) is 16.8. The number of ketones is 1. The Morgan fingerprint density at radius 2 is 1.64 bits per heavy atom. The van der Waals surface area contributed by atoms with Crippen molar-refractivity contribution >= 4 is 11.7 Å². The number of hydrogen-bond donors (Lipinski definition) is 1. The van der Waals surface area contributed by atoms with Crippen molar-refractivity contribution in [1.82, 2.24) is 5.32 Å². The number of nitrogens with one attached hydrogen (secondary N) is 1. The van der Waals surface area contributed by atoms with Gasteiger partial charge in [0.2, 0.25) is 5.91 Å². The van der Waals surface area contributed by atoms with Crippen molar-refractivity contribution in [2.45, 2.75) is 72.1 Å². The topological polar surface area (TPSA) is 64.6 Å². The second-order valence-corrected chi connectivity index (χ2v) is 6.51. The summed E-state index contributed by atoms with van der Waals surface area (Å²) < 4.78 is 10.9. The van der Waals surface area contributed by atoms with Gasteiger partial charge in [-0.25, -0.2) is 0 Å². The van der Waals surface area contributed by atoms with Gasteiger partial charge in [0.15, 0.2) is 0 Å². The number of hydrogen-bond acceptors (Lipinski definition) is 4. The first-order valence-corrected chi connectivity index (χ1v) is 10.0. The Morgan fingerprint density at radius 3 is 2.20 bits per heavy atom. The zero-order valence-corrected chi connectivity index (χ0v) is 16.8. The summed E-state index contributed by atoms with van der Waals surface area (Å²) in [5.74, 6) is 1.59. The van der Waals surface area contributed by atoms with Crippen molar-refractivity contribution in [1.29, 1.82) is 0 Å². The molecule has 0 radical (unpaired) electrons. The van der Waals surface area contributed by atoms with E-state index in [9.17, 15) is 9.59 Å². The Morgan fingerprint density at radius 1 is 1.04 bits per heavy atom. The van der Waals surface area contributed by atoms with Crippen LogP contribution in [0, 0.1) is 11.8 Å². The van der Waals surface area contributed by atoms with Crippen LogP contribution in [0.5, 0.6) is 0 Å². The van der Waals surface area contributed by atoms with Crippen molar-refractivity contribution in [2.24, 2.45) is 11.8 Å². The molecule has 150 valence electrons. The number of Topliss-reactive ketones (excluding diaryl/α,β-unsaturated/α-hetero) is 1. The van der Waals surface area contributed by atoms with Crippen LogP contribution in [0.3, 0.4) is 0 Å². The molecule has 1 saturated carbocycles. The summed E-state index contributed by atoms with van der Waals surface area (Å²) >= 11 is 0. The highest BCUT2D eigenvalue weighted by molar-refractivity contribution is 5.80. The maximum absolute atomic E-state index is 11.6. The van der Waals surface area contributed by atoms with E-state index in [0.29, 0.717) is 38.3 Å². The fourth-order valence-electron chi connectivity index (χ4n) is 2.99. The first kappa shape index (κ1) is 24.1. The Hall–Kier alpha value is -0.940. The average molecular weight is 360 g/mol. The van der Waals surface area contributed by atoms with Crippen molar-refractivity contribution < 1.29 is 20.5 Å². The molecule has 1 rings (SSSR count). The predicted molar refractivity (Wildman–Crippen MR) is 104 cm³/mol. The highest BCUT2D eigenvalue weighted by atomic mass is 16.5. The summed E-state index contributed by atoms with van der Waals surface area (Å²) in [4.78, 5) is 22.7. The molecular weight excluding hydrogens is 318 g/mol. The molecule has 1 aliphatic rings. The van der Waals surface area contributed by atoms with Crippen LogP contribution in [0.15, 0.2) is 0 Å². The van der Waals surface area contributed by atoms with Crippen LogP contribution in [0.2, 0.25) is 0 Å². The monoisotopic (exact) mass is 359 g/mol. The minimum absolute atomic E-state index is 0. The van der Waals surface area contributed by atoms with Crippen LogP contribution in [-0.4, -0.2) is 45.2 Å². The van der Waals surface area contributed by atoms with E-state index in [1.54, 1.807) is 7.11 Å². The van der Waals surface area contributed by atoms with Crippen LogP contribution >= 0.6 is 0 Å². The number of carbonyl (C=O) groups is 2. The molecule has 0 aliphatic heterocycles. The highest BCUT2D eigenvalue weighted by Crippen LogP contribution is 2.28. The van der Waals surface area contributed by atoms with E-state index < -0.39 is 0 Å². The van der Waals surface area contributed by atoms with Crippen LogP contribution in [0.25, 0.3) is 0 Å². The lowest BCUT2D eigenvalue weighted by molar-refractivity contribution is -0.121. The lowest BCUT2D eigenvalue weighted by Gasteiger charge is -2.27. The Balaban J connectivity index is 0. The fraction of sp³-hybridized carbons (Fsp3) is 0.900. The number of methoxy groups -OCH3 is 1. The third-order valence-corrected chi connectivity index (χ3v) is 4.54. The third-order valence-electron chi connectivity index (χ3n) is 4.54. The van der Waals surface area contributed by atoms with E-state index in [1.165, 1.54) is 25.7 Å². The van der Waals surface area contributed by atoms with Crippen molar-refractivity contribution in [3.63, 3.8) is 0 Å². The molecule has 1 N–H and O–H groups in total. The number of carbonyl (C=O) groups excluding carboxylic acids is 2. The van der Waals surface area contributed by atoms with E-state index in [2.05, 4.69) is 5.32 Å². The van der Waals surface area contributed by atoms with Gasteiger partial charge in [-0.3, -0.25) is 9.59 Å². The second-order valence-electron chi connectivity index (χ2n) is 6.51. The summed E-state index contributed by atoms with van der Waals surface area (Å²) in [6.07, 6.45) is 7.11.